The maximum absolute atomic E-state index is 12.6. The number of sulfonamides is 1. The molecule has 1 atom stereocenters. The summed E-state index contributed by atoms with van der Waals surface area (Å²) in [7, 11) is -3.32. The van der Waals surface area contributed by atoms with Crippen molar-refractivity contribution in [3.63, 3.8) is 0 Å². The second-order valence-corrected chi connectivity index (χ2v) is 9.46. The van der Waals surface area contributed by atoms with Crippen LogP contribution in [0.3, 0.4) is 0 Å². The fourth-order valence-electron chi connectivity index (χ4n) is 3.46. The van der Waals surface area contributed by atoms with Gasteiger partial charge in [0.2, 0.25) is 10.0 Å². The van der Waals surface area contributed by atoms with Crippen molar-refractivity contribution in [1.29, 1.82) is 0 Å². The van der Waals surface area contributed by atoms with E-state index in [-0.39, 0.29) is 17.7 Å². The molecule has 1 N–H and O–H groups in total. The minimum Gasteiger partial charge on any atom is -0.322 e. The zero-order valence-corrected chi connectivity index (χ0v) is 17.0. The molecule has 0 spiro atoms. The molecular weight excluding hydrogens is 360 g/mol. The van der Waals surface area contributed by atoms with Crippen molar-refractivity contribution in [1.82, 2.24) is 0 Å². The molecule has 1 aliphatic heterocycles. The Kier molecular flexibility index (Phi) is 5.29. The third-order valence-corrected chi connectivity index (χ3v) is 6.88. The van der Waals surface area contributed by atoms with Crippen molar-refractivity contribution in [2.45, 2.75) is 46.1 Å². The average Bonchev–Trinajstić information content (AvgIpc) is 2.97. The number of carbonyl (C=O) groups is 1. The first-order valence-electron chi connectivity index (χ1n) is 9.29. The molecule has 0 unspecified atom stereocenters. The van der Waals surface area contributed by atoms with Gasteiger partial charge in [0, 0.05) is 17.3 Å². The zero-order chi connectivity index (χ0) is 19.8. The second-order valence-electron chi connectivity index (χ2n) is 7.32. The molecule has 0 saturated heterocycles. The number of amides is 1. The fraction of sp³-hybridized carbons (Fsp3) is 0.381. The van der Waals surface area contributed by atoms with E-state index in [0.717, 1.165) is 11.3 Å². The largest absolute Gasteiger partial charge is 0.322 e. The smallest absolute Gasteiger partial charge is 0.255 e. The van der Waals surface area contributed by atoms with Gasteiger partial charge in [0.25, 0.3) is 5.91 Å². The molecule has 0 saturated carbocycles. The number of nitrogens with one attached hydrogen (secondary N) is 1. The first-order chi connectivity index (χ1) is 12.7. The Morgan fingerprint density at radius 3 is 2.44 bits per heavy atom. The monoisotopic (exact) mass is 386 g/mol. The Bertz CT molecular complexity index is 950. The molecule has 0 aromatic heterocycles. The quantitative estimate of drug-likeness (QED) is 0.839. The Labute approximate surface area is 161 Å². The van der Waals surface area contributed by atoms with E-state index in [1.165, 1.54) is 9.87 Å². The molecule has 0 bridgehead atoms. The predicted molar refractivity (Wildman–Crippen MR) is 110 cm³/mol. The van der Waals surface area contributed by atoms with E-state index < -0.39 is 10.0 Å². The summed E-state index contributed by atoms with van der Waals surface area (Å²) < 4.78 is 26.2. The summed E-state index contributed by atoms with van der Waals surface area (Å²) in [5, 5.41) is 2.91. The Hall–Kier alpha value is -2.34. The normalized spacial score (nSPS) is 16.5. The number of anilines is 2. The van der Waals surface area contributed by atoms with Crippen LogP contribution in [0.5, 0.6) is 0 Å². The standard InChI is InChI=1S/C21H26N2O3S/c1-5-27(25,26)23-15(4)12-18-13-17(8-11-20(18)23)21(24)22-19-9-6-16(7-10-19)14(2)3/h6-11,13-15H,5,12H2,1-4H3,(H,22,24)/t15-/m1/s1. The number of hydrogen-bond donors (Lipinski definition) is 1. The third-order valence-electron chi connectivity index (χ3n) is 4.99. The highest BCUT2D eigenvalue weighted by Gasteiger charge is 2.34. The van der Waals surface area contributed by atoms with Crippen molar-refractivity contribution in [3.8, 4) is 0 Å². The molecule has 1 heterocycles. The van der Waals surface area contributed by atoms with Gasteiger partial charge >= 0.3 is 0 Å². The molecule has 0 fully saturated rings. The van der Waals surface area contributed by atoms with Crippen LogP contribution in [0, 0.1) is 0 Å². The summed E-state index contributed by atoms with van der Waals surface area (Å²) in [4.78, 5) is 12.6. The maximum Gasteiger partial charge on any atom is 0.255 e. The van der Waals surface area contributed by atoms with Crippen LogP contribution in [0.4, 0.5) is 11.4 Å². The number of benzene rings is 2. The van der Waals surface area contributed by atoms with Gasteiger partial charge in [-0.3, -0.25) is 9.10 Å². The van der Waals surface area contributed by atoms with Crippen LogP contribution in [-0.4, -0.2) is 26.1 Å². The van der Waals surface area contributed by atoms with Crippen LogP contribution in [0.2, 0.25) is 0 Å². The van der Waals surface area contributed by atoms with Gasteiger partial charge in [0.15, 0.2) is 0 Å². The highest BCUT2D eigenvalue weighted by atomic mass is 32.2. The van der Waals surface area contributed by atoms with Crippen LogP contribution in [-0.2, 0) is 16.4 Å². The van der Waals surface area contributed by atoms with Gasteiger partial charge in [0.05, 0.1) is 11.4 Å². The number of fused-ring (bicyclic) bond motifs is 1. The number of carbonyl (C=O) groups excluding carboxylic acids is 1. The van der Waals surface area contributed by atoms with E-state index in [2.05, 4.69) is 19.2 Å². The molecule has 0 radical (unpaired) electrons. The van der Waals surface area contributed by atoms with Gasteiger partial charge in [-0.15, -0.1) is 0 Å². The lowest BCUT2D eigenvalue weighted by molar-refractivity contribution is 0.102. The van der Waals surface area contributed by atoms with Crippen LogP contribution >= 0.6 is 0 Å². The van der Waals surface area contributed by atoms with Gasteiger partial charge in [-0.1, -0.05) is 26.0 Å². The summed E-state index contributed by atoms with van der Waals surface area (Å²) >= 11 is 0. The van der Waals surface area contributed by atoms with E-state index >= 15 is 0 Å². The van der Waals surface area contributed by atoms with Crippen LogP contribution in [0.25, 0.3) is 0 Å². The summed E-state index contributed by atoms with van der Waals surface area (Å²) in [6.45, 7) is 7.79. The lowest BCUT2D eigenvalue weighted by Gasteiger charge is -2.23. The molecule has 2 aromatic carbocycles. The number of nitrogens with zero attached hydrogens (tertiary/aromatic N) is 1. The summed E-state index contributed by atoms with van der Waals surface area (Å²) in [5.74, 6) is 0.307. The van der Waals surface area contributed by atoms with Crippen molar-refractivity contribution in [2.24, 2.45) is 0 Å². The molecule has 5 nitrogen and oxygen atoms in total. The molecule has 27 heavy (non-hydrogen) atoms. The summed E-state index contributed by atoms with van der Waals surface area (Å²) in [6.07, 6.45) is 0.610. The van der Waals surface area contributed by atoms with Crippen molar-refractivity contribution >= 4 is 27.3 Å². The average molecular weight is 387 g/mol. The Morgan fingerprint density at radius 2 is 1.85 bits per heavy atom. The maximum atomic E-state index is 12.6. The van der Waals surface area contributed by atoms with Gasteiger partial charge in [-0.05, 0) is 67.6 Å². The molecule has 2 aromatic rings. The molecule has 1 aliphatic rings. The van der Waals surface area contributed by atoms with Crippen molar-refractivity contribution in [2.75, 3.05) is 15.4 Å². The van der Waals surface area contributed by atoms with Gasteiger partial charge in [-0.25, -0.2) is 8.42 Å². The molecule has 6 heteroatoms. The van der Waals surface area contributed by atoms with Gasteiger partial charge < -0.3 is 5.32 Å². The lowest BCUT2D eigenvalue weighted by Crippen LogP contribution is -2.36. The lowest BCUT2D eigenvalue weighted by atomic mass is 10.0. The Morgan fingerprint density at radius 1 is 1.19 bits per heavy atom. The van der Waals surface area contributed by atoms with E-state index in [1.54, 1.807) is 25.1 Å². The van der Waals surface area contributed by atoms with Crippen LogP contribution in [0.15, 0.2) is 42.5 Å². The molecule has 3 rings (SSSR count). The van der Waals surface area contributed by atoms with Crippen molar-refractivity contribution < 1.29 is 13.2 Å². The predicted octanol–water partition coefficient (Wildman–Crippen LogP) is 4.16. The highest BCUT2D eigenvalue weighted by Crippen LogP contribution is 2.35. The summed E-state index contributed by atoms with van der Waals surface area (Å²) in [5.41, 5.74) is 4.07. The molecular formula is C21H26N2O3S. The molecule has 144 valence electrons. The minimum absolute atomic E-state index is 0.0609. The van der Waals surface area contributed by atoms with E-state index in [9.17, 15) is 13.2 Å². The highest BCUT2D eigenvalue weighted by molar-refractivity contribution is 7.92. The van der Waals surface area contributed by atoms with E-state index in [0.29, 0.717) is 23.6 Å². The first-order valence-corrected chi connectivity index (χ1v) is 10.9. The van der Waals surface area contributed by atoms with Crippen LogP contribution < -0.4 is 9.62 Å². The third kappa shape index (κ3) is 3.86. The van der Waals surface area contributed by atoms with Crippen molar-refractivity contribution in [3.05, 3.63) is 59.2 Å². The topological polar surface area (TPSA) is 66.5 Å². The fourth-order valence-corrected chi connectivity index (χ4v) is 4.84. The molecule has 1 amide bonds. The second kappa shape index (κ2) is 7.35. The van der Waals surface area contributed by atoms with E-state index in [4.69, 9.17) is 0 Å². The Balaban J connectivity index is 1.81. The van der Waals surface area contributed by atoms with Crippen LogP contribution in [0.1, 0.15) is 55.1 Å². The van der Waals surface area contributed by atoms with Gasteiger partial charge in [-0.2, -0.15) is 0 Å². The molecule has 0 aliphatic carbocycles. The number of hydrogen-bond acceptors (Lipinski definition) is 3. The minimum atomic E-state index is -3.32. The zero-order valence-electron chi connectivity index (χ0n) is 16.2. The number of rotatable bonds is 5. The SMILES string of the molecule is CCS(=O)(=O)N1c2ccc(C(=O)Nc3ccc(C(C)C)cc3)cc2C[C@H]1C. The first kappa shape index (κ1) is 19.4. The van der Waals surface area contributed by atoms with Gasteiger partial charge in [0.1, 0.15) is 0 Å². The summed E-state index contributed by atoms with van der Waals surface area (Å²) in [6, 6.07) is 12.9. The van der Waals surface area contributed by atoms with E-state index in [1.807, 2.05) is 31.2 Å².